The summed E-state index contributed by atoms with van der Waals surface area (Å²) in [5.74, 6) is 0.790. The maximum absolute atomic E-state index is 12.6. The lowest BCUT2D eigenvalue weighted by Gasteiger charge is -2.19. The van der Waals surface area contributed by atoms with E-state index in [0.717, 1.165) is 6.07 Å². The molecule has 0 aromatic carbocycles. The lowest BCUT2D eigenvalue weighted by Crippen LogP contribution is -2.25. The molecule has 1 aromatic heterocycles. The number of alkyl halides is 3. The fourth-order valence-corrected chi connectivity index (χ4v) is 1.77. The number of likely N-dealkylation sites (N-methyl/N-ethyl adjacent to an activating group) is 1. The van der Waals surface area contributed by atoms with E-state index < -0.39 is 17.2 Å². The molecule has 2 rings (SSSR count). The highest BCUT2D eigenvalue weighted by molar-refractivity contribution is 6.28. The third-order valence-corrected chi connectivity index (χ3v) is 3.16. The molecule has 0 N–H and O–H groups in total. The van der Waals surface area contributed by atoms with Crippen LogP contribution in [0.4, 0.5) is 19.0 Å². The van der Waals surface area contributed by atoms with Gasteiger partial charge in [0, 0.05) is 26.3 Å². The van der Waals surface area contributed by atoms with E-state index in [4.69, 9.17) is 16.3 Å². The van der Waals surface area contributed by atoms with Gasteiger partial charge >= 0.3 is 6.18 Å². The number of hydrogen-bond acceptors (Lipinski definition) is 4. The maximum Gasteiger partial charge on any atom is 0.433 e. The Kier molecular flexibility index (Phi) is 4.70. The monoisotopic (exact) mass is 309 g/mol. The van der Waals surface area contributed by atoms with Crippen LogP contribution in [-0.2, 0) is 10.9 Å². The van der Waals surface area contributed by atoms with E-state index in [1.165, 1.54) is 12.8 Å². The Bertz CT molecular complexity index is 466. The Balaban J connectivity index is 1.93. The van der Waals surface area contributed by atoms with Crippen molar-refractivity contribution in [3.8, 4) is 0 Å². The molecule has 1 aliphatic rings. The third kappa shape index (κ3) is 4.49. The summed E-state index contributed by atoms with van der Waals surface area (Å²) in [6.07, 6.45) is -2.14. The number of halogens is 4. The standard InChI is InChI=1S/C12H15ClF3N3O/c1-19(4-5-20-7-8-2-3-8)10-6-9(12(14,15)16)17-11(13)18-10/h6,8H,2-5,7H2,1H3. The first kappa shape index (κ1) is 15.3. The number of aromatic nitrogens is 2. The van der Waals surface area contributed by atoms with Crippen LogP contribution >= 0.6 is 11.6 Å². The Morgan fingerprint density at radius 2 is 2.10 bits per heavy atom. The molecule has 8 heteroatoms. The van der Waals surface area contributed by atoms with Gasteiger partial charge in [0.05, 0.1) is 6.61 Å². The van der Waals surface area contributed by atoms with Gasteiger partial charge in [-0.2, -0.15) is 13.2 Å². The number of hydrogen-bond donors (Lipinski definition) is 0. The van der Waals surface area contributed by atoms with E-state index in [2.05, 4.69) is 9.97 Å². The van der Waals surface area contributed by atoms with Crippen molar-refractivity contribution in [1.29, 1.82) is 0 Å². The zero-order valence-corrected chi connectivity index (χ0v) is 11.7. The molecule has 0 unspecified atom stereocenters. The van der Waals surface area contributed by atoms with Gasteiger partial charge in [-0.25, -0.2) is 9.97 Å². The largest absolute Gasteiger partial charge is 0.433 e. The second-order valence-electron chi connectivity index (χ2n) is 4.82. The van der Waals surface area contributed by atoms with Crippen molar-refractivity contribution in [2.75, 3.05) is 31.7 Å². The fourth-order valence-electron chi connectivity index (χ4n) is 1.60. The first-order valence-corrected chi connectivity index (χ1v) is 6.64. The first-order chi connectivity index (χ1) is 9.36. The lowest BCUT2D eigenvalue weighted by molar-refractivity contribution is -0.141. The average molecular weight is 310 g/mol. The minimum absolute atomic E-state index is 0.132. The molecule has 0 radical (unpaired) electrons. The summed E-state index contributed by atoms with van der Waals surface area (Å²) >= 11 is 5.53. The van der Waals surface area contributed by atoms with Crippen molar-refractivity contribution in [3.63, 3.8) is 0 Å². The normalized spacial score (nSPS) is 15.4. The Hall–Kier alpha value is -1.08. The van der Waals surface area contributed by atoms with Gasteiger partial charge < -0.3 is 9.64 Å². The fraction of sp³-hybridized carbons (Fsp3) is 0.667. The predicted molar refractivity (Wildman–Crippen MR) is 68.9 cm³/mol. The van der Waals surface area contributed by atoms with Crippen LogP contribution in [0.5, 0.6) is 0 Å². The van der Waals surface area contributed by atoms with Crippen LogP contribution in [0.3, 0.4) is 0 Å². The Labute approximate surface area is 119 Å². The molecular formula is C12H15ClF3N3O. The molecule has 0 amide bonds. The minimum Gasteiger partial charge on any atom is -0.379 e. The summed E-state index contributed by atoms with van der Waals surface area (Å²) in [5.41, 5.74) is -1.04. The van der Waals surface area contributed by atoms with Crippen LogP contribution < -0.4 is 4.90 Å². The van der Waals surface area contributed by atoms with Gasteiger partial charge in [-0.05, 0) is 30.4 Å². The van der Waals surface area contributed by atoms with Crippen LogP contribution in [0.1, 0.15) is 18.5 Å². The smallest absolute Gasteiger partial charge is 0.379 e. The van der Waals surface area contributed by atoms with Crippen LogP contribution in [0.2, 0.25) is 5.28 Å². The second kappa shape index (κ2) is 6.13. The third-order valence-electron chi connectivity index (χ3n) is 2.99. The van der Waals surface area contributed by atoms with Crippen molar-refractivity contribution in [3.05, 3.63) is 17.0 Å². The summed E-state index contributed by atoms with van der Waals surface area (Å²) in [4.78, 5) is 8.55. The van der Waals surface area contributed by atoms with E-state index in [-0.39, 0.29) is 5.82 Å². The summed E-state index contributed by atoms with van der Waals surface area (Å²) in [6.45, 7) is 1.60. The van der Waals surface area contributed by atoms with Crippen molar-refractivity contribution in [2.24, 2.45) is 5.92 Å². The molecule has 0 spiro atoms. The molecule has 0 aliphatic heterocycles. The molecule has 1 aliphatic carbocycles. The van der Waals surface area contributed by atoms with Crippen molar-refractivity contribution < 1.29 is 17.9 Å². The van der Waals surface area contributed by atoms with E-state index in [1.54, 1.807) is 11.9 Å². The molecule has 1 heterocycles. The SMILES string of the molecule is CN(CCOCC1CC1)c1cc(C(F)(F)F)nc(Cl)n1. The molecule has 1 saturated carbocycles. The van der Waals surface area contributed by atoms with Gasteiger partial charge in [0.1, 0.15) is 5.82 Å². The van der Waals surface area contributed by atoms with Crippen molar-refractivity contribution >= 4 is 17.4 Å². The van der Waals surface area contributed by atoms with Crippen LogP contribution in [0, 0.1) is 5.92 Å². The van der Waals surface area contributed by atoms with E-state index in [1.807, 2.05) is 0 Å². The van der Waals surface area contributed by atoms with Crippen LogP contribution in [0.15, 0.2) is 6.07 Å². The number of ether oxygens (including phenoxy) is 1. The van der Waals surface area contributed by atoms with E-state index >= 15 is 0 Å². The minimum atomic E-state index is -4.54. The topological polar surface area (TPSA) is 38.2 Å². The molecule has 1 aromatic rings. The van der Waals surface area contributed by atoms with E-state index in [0.29, 0.717) is 25.7 Å². The second-order valence-corrected chi connectivity index (χ2v) is 5.16. The zero-order chi connectivity index (χ0) is 14.8. The van der Waals surface area contributed by atoms with Crippen molar-refractivity contribution in [2.45, 2.75) is 19.0 Å². The molecule has 4 nitrogen and oxygen atoms in total. The van der Waals surface area contributed by atoms with Gasteiger partial charge in [0.15, 0.2) is 5.69 Å². The molecule has 20 heavy (non-hydrogen) atoms. The number of rotatable bonds is 6. The summed E-state index contributed by atoms with van der Waals surface area (Å²) in [5, 5.41) is -0.416. The summed E-state index contributed by atoms with van der Waals surface area (Å²) in [7, 11) is 1.64. The van der Waals surface area contributed by atoms with Gasteiger partial charge in [-0.3, -0.25) is 0 Å². The maximum atomic E-state index is 12.6. The van der Waals surface area contributed by atoms with E-state index in [9.17, 15) is 13.2 Å². The zero-order valence-electron chi connectivity index (χ0n) is 11.0. The molecular weight excluding hydrogens is 295 g/mol. The van der Waals surface area contributed by atoms with Gasteiger partial charge in [0.2, 0.25) is 5.28 Å². The molecule has 1 fully saturated rings. The van der Waals surface area contributed by atoms with Crippen molar-refractivity contribution in [1.82, 2.24) is 9.97 Å². The quantitative estimate of drug-likeness (QED) is 0.598. The Morgan fingerprint density at radius 1 is 1.40 bits per heavy atom. The van der Waals surface area contributed by atoms with Crippen LogP contribution in [0.25, 0.3) is 0 Å². The van der Waals surface area contributed by atoms with Gasteiger partial charge in [0.25, 0.3) is 0 Å². The highest BCUT2D eigenvalue weighted by Gasteiger charge is 2.34. The Morgan fingerprint density at radius 3 is 2.70 bits per heavy atom. The highest BCUT2D eigenvalue weighted by Crippen LogP contribution is 2.30. The molecule has 0 bridgehead atoms. The first-order valence-electron chi connectivity index (χ1n) is 6.27. The van der Waals surface area contributed by atoms with Gasteiger partial charge in [-0.1, -0.05) is 0 Å². The predicted octanol–water partition coefficient (Wildman–Crippen LogP) is 3.01. The number of nitrogens with zero attached hydrogens (tertiary/aromatic N) is 3. The summed E-state index contributed by atoms with van der Waals surface area (Å²) < 4.78 is 43.3. The highest BCUT2D eigenvalue weighted by atomic mass is 35.5. The molecule has 112 valence electrons. The lowest BCUT2D eigenvalue weighted by atomic mass is 10.3. The van der Waals surface area contributed by atoms with Crippen LogP contribution in [-0.4, -0.2) is 36.8 Å². The molecule has 0 atom stereocenters. The molecule has 0 saturated heterocycles. The average Bonchev–Trinajstić information content (AvgIpc) is 3.16. The van der Waals surface area contributed by atoms with Gasteiger partial charge in [-0.15, -0.1) is 0 Å². The summed E-state index contributed by atoms with van der Waals surface area (Å²) in [6, 6.07) is 0.882. The number of anilines is 1.